The molecule has 1 aromatic carbocycles. The van der Waals surface area contributed by atoms with Gasteiger partial charge in [-0.25, -0.2) is 0 Å². The van der Waals surface area contributed by atoms with E-state index in [4.69, 9.17) is 4.74 Å². The summed E-state index contributed by atoms with van der Waals surface area (Å²) in [6.45, 7) is 5.28. The maximum absolute atomic E-state index is 12.0. The summed E-state index contributed by atoms with van der Waals surface area (Å²) in [5.74, 6) is 0.813. The fourth-order valence-corrected chi connectivity index (χ4v) is 6.33. The topological polar surface area (TPSA) is 52.9 Å². The van der Waals surface area contributed by atoms with Crippen LogP contribution < -0.4 is 4.74 Å². The van der Waals surface area contributed by atoms with Gasteiger partial charge in [0.05, 0.1) is 11.0 Å². The maximum atomic E-state index is 12.0. The van der Waals surface area contributed by atoms with Crippen molar-refractivity contribution >= 4 is 0 Å². The lowest BCUT2D eigenvalue weighted by molar-refractivity contribution is -0.175. The van der Waals surface area contributed by atoms with Crippen LogP contribution in [0.5, 0.6) is 11.5 Å². The molecule has 1 spiro atoms. The van der Waals surface area contributed by atoms with Gasteiger partial charge in [-0.3, -0.25) is 4.90 Å². The summed E-state index contributed by atoms with van der Waals surface area (Å²) in [7, 11) is 0. The summed E-state index contributed by atoms with van der Waals surface area (Å²) in [5.41, 5.74) is 2.22. The Morgan fingerprint density at radius 1 is 1.25 bits per heavy atom. The first-order valence-corrected chi connectivity index (χ1v) is 9.24. The van der Waals surface area contributed by atoms with Crippen LogP contribution in [0.1, 0.15) is 43.2 Å². The predicted octanol–water partition coefficient (Wildman–Crippen LogP) is 2.26. The Morgan fingerprint density at radius 2 is 2.08 bits per heavy atom. The van der Waals surface area contributed by atoms with Gasteiger partial charge in [0.1, 0.15) is 6.10 Å². The van der Waals surface area contributed by atoms with Crippen LogP contribution in [0, 0.1) is 0 Å². The van der Waals surface area contributed by atoms with E-state index in [0.29, 0.717) is 11.8 Å². The number of hydrogen-bond acceptors (Lipinski definition) is 4. The molecule has 4 heteroatoms. The van der Waals surface area contributed by atoms with E-state index in [-0.39, 0.29) is 17.9 Å². The number of ether oxygens (including phenoxy) is 1. The van der Waals surface area contributed by atoms with Gasteiger partial charge in [0.2, 0.25) is 0 Å². The molecular formula is C20H23NO3. The Bertz CT molecular complexity index is 785. The van der Waals surface area contributed by atoms with E-state index in [1.807, 2.05) is 6.07 Å². The van der Waals surface area contributed by atoms with Crippen LogP contribution in [0.4, 0.5) is 0 Å². The molecule has 0 aromatic heterocycles. The molecule has 5 aliphatic rings. The second kappa shape index (κ2) is 4.00. The predicted molar refractivity (Wildman–Crippen MR) is 89.4 cm³/mol. The molecular weight excluding hydrogens is 302 g/mol. The summed E-state index contributed by atoms with van der Waals surface area (Å²) in [5, 5.41) is 22.4. The number of nitrogens with zero attached hydrogens (tertiary/aromatic N) is 1. The highest BCUT2D eigenvalue weighted by atomic mass is 16.5. The van der Waals surface area contributed by atoms with Crippen molar-refractivity contribution in [2.45, 2.75) is 67.7 Å². The zero-order valence-electron chi connectivity index (χ0n) is 13.8. The standard InChI is InChI=1S/C20H23NO3/c1-11-6-7-20(23)15-10-12-2-5-14(22)17-16(12)19(20,18(11)24-17)8-9-21(15)13-3-4-13/h2,5,13,15,18,22-23H,1,3-4,6-10H2/t15-,18+,19+,20-/m1/s1. The van der Waals surface area contributed by atoms with E-state index in [9.17, 15) is 10.2 Å². The molecule has 3 aliphatic carbocycles. The highest BCUT2D eigenvalue weighted by molar-refractivity contribution is 5.63. The number of piperidine rings is 1. The molecule has 3 fully saturated rings. The van der Waals surface area contributed by atoms with Crippen LogP contribution in [-0.2, 0) is 11.8 Å². The second-order valence-electron chi connectivity index (χ2n) is 8.44. The minimum atomic E-state index is -0.772. The number of aliphatic hydroxyl groups is 1. The second-order valence-corrected chi connectivity index (χ2v) is 8.44. The zero-order chi connectivity index (χ0) is 16.3. The molecule has 4 atom stereocenters. The number of phenolic OH excluding ortho intramolecular Hbond substituents is 1. The zero-order valence-corrected chi connectivity index (χ0v) is 13.8. The average molecular weight is 325 g/mol. The minimum absolute atomic E-state index is 0.168. The van der Waals surface area contributed by atoms with Crippen LogP contribution in [0.3, 0.4) is 0 Å². The average Bonchev–Trinajstić information content (AvgIpc) is 3.32. The van der Waals surface area contributed by atoms with E-state index in [2.05, 4.69) is 11.5 Å². The molecule has 24 heavy (non-hydrogen) atoms. The van der Waals surface area contributed by atoms with Gasteiger partial charge >= 0.3 is 0 Å². The molecule has 4 nitrogen and oxygen atoms in total. The highest BCUT2D eigenvalue weighted by Crippen LogP contribution is 2.66. The fourth-order valence-electron chi connectivity index (χ4n) is 6.33. The molecule has 6 rings (SSSR count). The summed E-state index contributed by atoms with van der Waals surface area (Å²) in [4.78, 5) is 2.57. The number of rotatable bonds is 1. The van der Waals surface area contributed by atoms with Crippen LogP contribution in [0.2, 0.25) is 0 Å². The molecule has 2 N–H and O–H groups in total. The normalized spacial score (nSPS) is 42.6. The Balaban J connectivity index is 1.65. The summed E-state index contributed by atoms with van der Waals surface area (Å²) in [6, 6.07) is 4.62. The Labute approximate surface area is 141 Å². The third-order valence-electron chi connectivity index (χ3n) is 7.47. The molecule has 2 heterocycles. The Hall–Kier alpha value is -1.52. The summed E-state index contributed by atoms with van der Waals surface area (Å²) < 4.78 is 6.27. The number of likely N-dealkylation sites (tertiary alicyclic amines) is 1. The number of aromatic hydroxyl groups is 1. The molecule has 1 aromatic rings. The SMILES string of the molecule is C=C1CC[C@@]2(O)[C@H]3Cc4ccc(O)c5c4[C@@]2(CCN3C2CC2)[C@H]1O5. The highest BCUT2D eigenvalue weighted by Gasteiger charge is 2.72. The van der Waals surface area contributed by atoms with E-state index >= 15 is 0 Å². The molecule has 2 bridgehead atoms. The fraction of sp³-hybridized carbons (Fsp3) is 0.600. The monoisotopic (exact) mass is 325 g/mol. The van der Waals surface area contributed by atoms with Crippen molar-refractivity contribution in [3.05, 3.63) is 35.4 Å². The molecule has 0 radical (unpaired) electrons. The quantitative estimate of drug-likeness (QED) is 0.778. The number of benzene rings is 1. The minimum Gasteiger partial charge on any atom is -0.504 e. The smallest absolute Gasteiger partial charge is 0.166 e. The lowest BCUT2D eigenvalue weighted by Gasteiger charge is -2.63. The van der Waals surface area contributed by atoms with Crippen LogP contribution >= 0.6 is 0 Å². The van der Waals surface area contributed by atoms with Crippen LogP contribution in [-0.4, -0.2) is 45.4 Å². The van der Waals surface area contributed by atoms with Gasteiger partial charge in [0.25, 0.3) is 0 Å². The molecule has 2 saturated carbocycles. The van der Waals surface area contributed by atoms with Gasteiger partial charge in [0.15, 0.2) is 11.5 Å². The first kappa shape index (κ1) is 13.7. The molecule has 126 valence electrons. The van der Waals surface area contributed by atoms with Gasteiger partial charge in [-0.1, -0.05) is 12.6 Å². The van der Waals surface area contributed by atoms with E-state index < -0.39 is 11.0 Å². The lowest BCUT2D eigenvalue weighted by Crippen LogP contribution is -2.75. The largest absolute Gasteiger partial charge is 0.504 e. The maximum Gasteiger partial charge on any atom is 0.166 e. The van der Waals surface area contributed by atoms with E-state index in [0.717, 1.165) is 43.4 Å². The van der Waals surface area contributed by atoms with Crippen molar-refractivity contribution in [1.29, 1.82) is 0 Å². The lowest BCUT2D eigenvalue weighted by atomic mass is 9.48. The van der Waals surface area contributed by atoms with Crippen LogP contribution in [0.15, 0.2) is 24.3 Å². The van der Waals surface area contributed by atoms with Crippen molar-refractivity contribution in [1.82, 2.24) is 4.90 Å². The summed E-state index contributed by atoms with van der Waals surface area (Å²) in [6.07, 6.45) is 5.65. The van der Waals surface area contributed by atoms with Crippen molar-refractivity contribution < 1.29 is 14.9 Å². The molecule has 0 unspecified atom stereocenters. The van der Waals surface area contributed by atoms with Crippen molar-refractivity contribution in [3.8, 4) is 11.5 Å². The third kappa shape index (κ3) is 1.29. The van der Waals surface area contributed by atoms with Crippen molar-refractivity contribution in [2.75, 3.05) is 6.54 Å². The van der Waals surface area contributed by atoms with Crippen molar-refractivity contribution in [3.63, 3.8) is 0 Å². The summed E-state index contributed by atoms with van der Waals surface area (Å²) >= 11 is 0. The van der Waals surface area contributed by atoms with Gasteiger partial charge in [0, 0.05) is 17.6 Å². The van der Waals surface area contributed by atoms with Gasteiger partial charge in [-0.15, -0.1) is 0 Å². The first-order chi connectivity index (χ1) is 11.6. The number of phenols is 1. The van der Waals surface area contributed by atoms with Crippen LogP contribution in [0.25, 0.3) is 0 Å². The Kier molecular flexibility index (Phi) is 2.29. The Morgan fingerprint density at radius 3 is 2.88 bits per heavy atom. The van der Waals surface area contributed by atoms with Gasteiger partial charge < -0.3 is 14.9 Å². The molecule has 0 amide bonds. The van der Waals surface area contributed by atoms with Gasteiger partial charge in [-0.05, 0) is 62.3 Å². The molecule has 2 aliphatic heterocycles. The first-order valence-electron chi connectivity index (χ1n) is 9.24. The molecule has 1 saturated heterocycles. The van der Waals surface area contributed by atoms with E-state index in [1.165, 1.54) is 18.4 Å². The van der Waals surface area contributed by atoms with E-state index in [1.54, 1.807) is 6.07 Å². The number of hydrogen-bond donors (Lipinski definition) is 2. The third-order valence-corrected chi connectivity index (χ3v) is 7.47. The van der Waals surface area contributed by atoms with Crippen molar-refractivity contribution in [2.24, 2.45) is 0 Å². The van der Waals surface area contributed by atoms with Gasteiger partial charge in [-0.2, -0.15) is 0 Å².